The van der Waals surface area contributed by atoms with Gasteiger partial charge in [-0.1, -0.05) is 12.8 Å². The minimum atomic E-state index is -0.268. The minimum Gasteiger partial charge on any atom is -0.492 e. The second kappa shape index (κ2) is 13.8. The Morgan fingerprint density at radius 2 is 1.84 bits per heavy atom. The average Bonchev–Trinajstić information content (AvgIpc) is 3.33. The fourth-order valence-electron chi connectivity index (χ4n) is 4.27. The first-order valence-corrected chi connectivity index (χ1v) is 11.4. The van der Waals surface area contributed by atoms with Crippen molar-refractivity contribution < 1.29 is 13.9 Å². The molecule has 0 unspecified atom stereocenters. The number of carbonyl (C=O) groups is 1. The van der Waals surface area contributed by atoms with Crippen molar-refractivity contribution in [2.75, 3.05) is 66.5 Å². The van der Waals surface area contributed by atoms with Crippen LogP contribution in [0.4, 0.5) is 4.39 Å². The Morgan fingerprint density at radius 3 is 2.47 bits per heavy atom. The number of nitrogens with one attached hydrogen (secondary N) is 1. The molecule has 0 atom stereocenters. The monoisotopic (exact) mass is 561 g/mol. The number of aliphatic imine (C=N–C) groups is 1. The highest BCUT2D eigenvalue weighted by atomic mass is 127. The summed E-state index contributed by atoms with van der Waals surface area (Å²) in [6, 6.07) is 6.04. The van der Waals surface area contributed by atoms with Gasteiger partial charge in [0.1, 0.15) is 18.2 Å². The van der Waals surface area contributed by atoms with E-state index in [1.165, 1.54) is 25.0 Å². The van der Waals surface area contributed by atoms with E-state index in [1.807, 2.05) is 11.9 Å². The van der Waals surface area contributed by atoms with E-state index >= 15 is 0 Å². The highest BCUT2D eigenvalue weighted by Crippen LogP contribution is 2.26. The van der Waals surface area contributed by atoms with Gasteiger partial charge in [0, 0.05) is 59.3 Å². The second-order valence-corrected chi connectivity index (χ2v) is 8.35. The molecule has 3 rings (SSSR count). The summed E-state index contributed by atoms with van der Waals surface area (Å²) < 4.78 is 18.6. The molecule has 1 aliphatic carbocycles. The molecule has 1 heterocycles. The smallest absolute Gasteiger partial charge is 0.225 e. The lowest BCUT2D eigenvalue weighted by molar-refractivity contribution is -0.137. The van der Waals surface area contributed by atoms with Gasteiger partial charge in [-0.25, -0.2) is 4.39 Å². The predicted octanol–water partition coefficient (Wildman–Crippen LogP) is 2.66. The third-order valence-electron chi connectivity index (χ3n) is 6.18. The first kappa shape index (κ1) is 26.6. The fraction of sp³-hybridized carbons (Fsp3) is 0.652. The highest BCUT2D eigenvalue weighted by Gasteiger charge is 2.29. The molecule has 0 aromatic heterocycles. The van der Waals surface area contributed by atoms with Crippen molar-refractivity contribution in [3.05, 3.63) is 30.1 Å². The molecule has 9 heteroatoms. The Balaban J connectivity index is 0.00000363. The third kappa shape index (κ3) is 8.06. The summed E-state index contributed by atoms with van der Waals surface area (Å²) in [4.78, 5) is 23.4. The van der Waals surface area contributed by atoms with E-state index in [-0.39, 0.29) is 35.7 Å². The largest absolute Gasteiger partial charge is 0.492 e. The Labute approximate surface area is 208 Å². The zero-order chi connectivity index (χ0) is 22.1. The van der Waals surface area contributed by atoms with E-state index in [1.54, 1.807) is 19.2 Å². The maximum atomic E-state index is 13.0. The van der Waals surface area contributed by atoms with Crippen LogP contribution in [0.5, 0.6) is 5.75 Å². The summed E-state index contributed by atoms with van der Waals surface area (Å²) in [6.07, 6.45) is 4.56. The zero-order valence-corrected chi connectivity index (χ0v) is 21.6. The van der Waals surface area contributed by atoms with Crippen molar-refractivity contribution in [2.24, 2.45) is 10.9 Å². The van der Waals surface area contributed by atoms with E-state index < -0.39 is 0 Å². The van der Waals surface area contributed by atoms with E-state index in [0.29, 0.717) is 24.8 Å². The van der Waals surface area contributed by atoms with E-state index in [2.05, 4.69) is 20.1 Å². The van der Waals surface area contributed by atoms with Gasteiger partial charge < -0.3 is 19.9 Å². The van der Waals surface area contributed by atoms with E-state index in [0.717, 1.165) is 58.1 Å². The number of amides is 1. The molecule has 1 N–H and O–H groups in total. The number of piperazine rings is 1. The summed E-state index contributed by atoms with van der Waals surface area (Å²) in [5.74, 6) is 1.86. The molecule has 32 heavy (non-hydrogen) atoms. The van der Waals surface area contributed by atoms with Crippen LogP contribution in [0, 0.1) is 11.7 Å². The van der Waals surface area contributed by atoms with Gasteiger partial charge in [-0.2, -0.15) is 0 Å². The van der Waals surface area contributed by atoms with Crippen LogP contribution in [0.15, 0.2) is 29.3 Å². The van der Waals surface area contributed by atoms with Crippen LogP contribution in [0.25, 0.3) is 0 Å². The van der Waals surface area contributed by atoms with Crippen molar-refractivity contribution in [3.8, 4) is 5.75 Å². The molecule has 0 bridgehead atoms. The molecule has 7 nitrogen and oxygen atoms in total. The van der Waals surface area contributed by atoms with Gasteiger partial charge in [0.05, 0.1) is 6.54 Å². The van der Waals surface area contributed by atoms with Crippen molar-refractivity contribution >= 4 is 35.8 Å². The predicted molar refractivity (Wildman–Crippen MR) is 136 cm³/mol. The molecule has 0 radical (unpaired) electrons. The maximum absolute atomic E-state index is 13.0. The topological polar surface area (TPSA) is 60.4 Å². The van der Waals surface area contributed by atoms with Gasteiger partial charge in [0.15, 0.2) is 5.96 Å². The van der Waals surface area contributed by atoms with Crippen LogP contribution >= 0.6 is 24.0 Å². The van der Waals surface area contributed by atoms with Gasteiger partial charge in [0.25, 0.3) is 0 Å². The molecule has 1 aromatic carbocycles. The van der Waals surface area contributed by atoms with Crippen molar-refractivity contribution in [1.29, 1.82) is 0 Å². The number of carbonyl (C=O) groups excluding carboxylic acids is 1. The lowest BCUT2D eigenvalue weighted by atomic mass is 10.1. The average molecular weight is 561 g/mol. The lowest BCUT2D eigenvalue weighted by Gasteiger charge is -2.36. The van der Waals surface area contributed by atoms with Gasteiger partial charge in [-0.3, -0.25) is 14.7 Å². The van der Waals surface area contributed by atoms with Gasteiger partial charge in [-0.05, 0) is 37.1 Å². The third-order valence-corrected chi connectivity index (χ3v) is 6.18. The van der Waals surface area contributed by atoms with Crippen molar-refractivity contribution in [2.45, 2.75) is 25.7 Å². The summed E-state index contributed by atoms with van der Waals surface area (Å²) in [5, 5.41) is 3.40. The fourth-order valence-corrected chi connectivity index (χ4v) is 4.27. The molecular formula is C23H37FIN5O2. The summed E-state index contributed by atoms with van der Waals surface area (Å²) in [7, 11) is 3.74. The van der Waals surface area contributed by atoms with Crippen molar-refractivity contribution in [1.82, 2.24) is 20.0 Å². The number of hydrogen-bond acceptors (Lipinski definition) is 4. The molecule has 1 saturated carbocycles. The van der Waals surface area contributed by atoms with E-state index in [9.17, 15) is 9.18 Å². The summed E-state index contributed by atoms with van der Waals surface area (Å²) >= 11 is 0. The van der Waals surface area contributed by atoms with Crippen LogP contribution in [0.3, 0.4) is 0 Å². The minimum absolute atomic E-state index is 0. The Hall–Kier alpha value is -1.62. The first-order valence-electron chi connectivity index (χ1n) is 11.4. The Morgan fingerprint density at radius 1 is 1.19 bits per heavy atom. The molecular weight excluding hydrogens is 524 g/mol. The number of hydrogen-bond donors (Lipinski definition) is 1. The molecule has 1 aromatic rings. The Bertz CT molecular complexity index is 720. The number of guanidine groups is 1. The number of halogens is 2. The SMILES string of the molecule is CN=C(NCCN1CCN(C(=O)C2CCCC2)CC1)N(C)CCOc1ccc(F)cc1.I. The van der Waals surface area contributed by atoms with Gasteiger partial charge in [-0.15, -0.1) is 24.0 Å². The number of likely N-dealkylation sites (N-methyl/N-ethyl adjacent to an activating group) is 1. The van der Waals surface area contributed by atoms with Crippen LogP contribution in [0.1, 0.15) is 25.7 Å². The van der Waals surface area contributed by atoms with Gasteiger partial charge >= 0.3 is 0 Å². The van der Waals surface area contributed by atoms with Crippen LogP contribution in [0.2, 0.25) is 0 Å². The number of rotatable bonds is 8. The maximum Gasteiger partial charge on any atom is 0.225 e. The van der Waals surface area contributed by atoms with Crippen LogP contribution < -0.4 is 10.1 Å². The van der Waals surface area contributed by atoms with Crippen molar-refractivity contribution in [3.63, 3.8) is 0 Å². The number of nitrogens with zero attached hydrogens (tertiary/aromatic N) is 4. The van der Waals surface area contributed by atoms with E-state index in [4.69, 9.17) is 4.74 Å². The molecule has 2 aliphatic rings. The molecule has 1 saturated heterocycles. The lowest BCUT2D eigenvalue weighted by Crippen LogP contribution is -2.52. The number of ether oxygens (including phenoxy) is 1. The molecule has 180 valence electrons. The zero-order valence-electron chi connectivity index (χ0n) is 19.3. The summed E-state index contributed by atoms with van der Waals surface area (Å²) in [6.45, 7) is 6.41. The normalized spacial score (nSPS) is 17.7. The molecule has 1 amide bonds. The quantitative estimate of drug-likeness (QED) is 0.301. The summed E-state index contributed by atoms with van der Waals surface area (Å²) in [5.41, 5.74) is 0. The van der Waals surface area contributed by atoms with Crippen LogP contribution in [-0.4, -0.2) is 93.1 Å². The van der Waals surface area contributed by atoms with Gasteiger partial charge in [0.2, 0.25) is 5.91 Å². The molecule has 1 aliphatic heterocycles. The molecule has 0 spiro atoms. The second-order valence-electron chi connectivity index (χ2n) is 8.35. The highest BCUT2D eigenvalue weighted by molar-refractivity contribution is 14.0. The first-order chi connectivity index (χ1) is 15.1. The molecule has 2 fully saturated rings. The standard InChI is InChI=1S/C23H36FN5O2.HI/c1-25-23(27(2)17-18-31-21-9-7-20(24)8-10-21)26-11-12-28-13-15-29(16-14-28)22(30)19-5-3-4-6-19;/h7-10,19H,3-6,11-18H2,1-2H3,(H,25,26);1H. The number of benzene rings is 1. The van der Waals surface area contributed by atoms with Crippen LogP contribution in [-0.2, 0) is 4.79 Å². The Kier molecular flexibility index (Phi) is 11.5.